The Balaban J connectivity index is 1.96. The van der Waals surface area contributed by atoms with Gasteiger partial charge in [0.1, 0.15) is 32.3 Å². The number of hydrogen-bond donors (Lipinski definition) is 2. The van der Waals surface area contributed by atoms with E-state index >= 15 is 0 Å². The number of hydrogen-bond acceptors (Lipinski definition) is 3. The van der Waals surface area contributed by atoms with E-state index < -0.39 is 32.3 Å². The van der Waals surface area contributed by atoms with Crippen molar-refractivity contribution < 1.29 is 0 Å². The second kappa shape index (κ2) is 23.4. The van der Waals surface area contributed by atoms with Gasteiger partial charge in [0, 0.05) is 5.69 Å². The van der Waals surface area contributed by atoms with Crippen LogP contribution in [0, 0.1) is 51.8 Å². The fourth-order valence-corrected chi connectivity index (χ4v) is 35.7. The number of aromatic nitrogens is 1. The molecule has 4 nitrogen and oxygen atoms in total. The molecule has 0 aliphatic carbocycles. The van der Waals surface area contributed by atoms with Crippen LogP contribution in [0.15, 0.2) is 75.5 Å². The van der Waals surface area contributed by atoms with E-state index in [0.29, 0.717) is 66.5 Å². The predicted molar refractivity (Wildman–Crippen MR) is 329 cm³/mol. The van der Waals surface area contributed by atoms with Gasteiger partial charge in [-0.3, -0.25) is 9.98 Å². The first-order valence-corrected chi connectivity index (χ1v) is 37.3. The van der Waals surface area contributed by atoms with E-state index in [9.17, 15) is 0 Å². The topological polar surface area (TPSA) is 52.5 Å². The molecule has 72 heavy (non-hydrogen) atoms. The van der Waals surface area contributed by atoms with Gasteiger partial charge < -0.3 is 10.3 Å². The molecule has 4 aliphatic rings. The molecule has 0 saturated carbocycles. The van der Waals surface area contributed by atoms with Gasteiger partial charge in [0.2, 0.25) is 0 Å². The number of nitrogens with one attached hydrogen (secondary N) is 2. The number of aromatic amines is 1. The molecule has 1 aromatic rings. The minimum Gasteiger partial charge on any atom is -0.376 e. The highest BCUT2D eigenvalue weighted by Gasteiger charge is 2.46. The number of allylic oxidation sites excluding steroid dienone is 6. The normalized spacial score (nSPS) is 22.4. The molecule has 5 heterocycles. The monoisotopic (exact) mass is 1030 g/mol. The smallest absolute Gasteiger partial charge is 0.146 e. The van der Waals surface area contributed by atoms with E-state index in [4.69, 9.17) is 9.98 Å². The van der Waals surface area contributed by atoms with Gasteiger partial charge in [0.05, 0.1) is 63.6 Å². The predicted octanol–water partition coefficient (Wildman–Crippen LogP) is 17.5. The molecule has 1 aromatic heterocycles. The van der Waals surface area contributed by atoms with Crippen LogP contribution >= 0.6 is 0 Å². The first kappa shape index (κ1) is 59.1. The Kier molecular flexibility index (Phi) is 19.2. The molecule has 2 N–H and O–H groups in total. The lowest BCUT2D eigenvalue weighted by molar-refractivity contribution is 0.642. The van der Waals surface area contributed by atoms with E-state index in [2.05, 4.69) is 271 Å². The Bertz CT molecular complexity index is 2530. The summed E-state index contributed by atoms with van der Waals surface area (Å²) >= 11 is 0. The zero-order valence-electron chi connectivity index (χ0n) is 49.8. The number of aliphatic imine (C=N–C) groups is 2. The van der Waals surface area contributed by atoms with Crippen molar-refractivity contribution in [2.75, 3.05) is 0 Å². The van der Waals surface area contributed by atoms with Gasteiger partial charge in [-0.2, -0.15) is 0 Å². The minimum atomic E-state index is -2.13. The third kappa shape index (κ3) is 11.0. The minimum absolute atomic E-state index is 0.0909. The molecule has 4 aliphatic heterocycles. The second-order valence-corrected chi connectivity index (χ2v) is 48.0. The van der Waals surface area contributed by atoms with Gasteiger partial charge in [-0.25, -0.2) is 0 Å². The average Bonchev–Trinajstić information content (AvgIpc) is 4.12. The van der Waals surface area contributed by atoms with E-state index in [1.165, 1.54) is 0 Å². The Morgan fingerprint density at radius 3 is 1.31 bits per heavy atom. The van der Waals surface area contributed by atoms with Crippen LogP contribution in [0.5, 0.6) is 0 Å². The molecule has 0 aromatic carbocycles. The van der Waals surface area contributed by atoms with Crippen LogP contribution in [0.2, 0.25) is 66.5 Å². The Morgan fingerprint density at radius 1 is 0.444 bits per heavy atom. The molecule has 5 rings (SSSR count). The third-order valence-electron chi connectivity index (χ3n) is 18.5. The quantitative estimate of drug-likeness (QED) is 0.159. The van der Waals surface area contributed by atoms with Crippen LogP contribution in [-0.2, 0) is 0 Å². The molecule has 0 spiro atoms. The Hall–Kier alpha value is -3.77. The molecule has 0 radical (unpaired) electrons. The summed E-state index contributed by atoms with van der Waals surface area (Å²) in [6, 6.07) is 4.22. The number of H-pyrrole nitrogens is 1. The van der Waals surface area contributed by atoms with Crippen LogP contribution < -0.4 is 5.32 Å². The lowest BCUT2D eigenvalue weighted by atomic mass is 9.96. The Labute approximate surface area is 446 Å². The van der Waals surface area contributed by atoms with Crippen LogP contribution in [0.25, 0.3) is 5.57 Å². The standard InChI is InChI=1S/C64H98N4Si4/c1-41(2)69(42(3)4,43(5)6)37-33-53-57-25-27-59(65-57)54(34-38-70(44(7)8,45(9)10)46(11)12)61-29-31-63(67-61)56(36-40-72(50(19)20,51(21)22)52(23)24)64-32-30-62(68-64)55(60-28-26-58(53)66-60)35-39-71(47(13)14,48(15)16)49(17)18/h25-32,41-53,56-57,63,65-66H,1-24H3/b59-54-,62-55-. The van der Waals surface area contributed by atoms with Crippen molar-refractivity contribution in [3.8, 4) is 45.9 Å². The van der Waals surface area contributed by atoms with Crippen LogP contribution in [0.1, 0.15) is 183 Å². The molecule has 4 unspecified atom stereocenters. The maximum atomic E-state index is 5.71. The van der Waals surface area contributed by atoms with Crippen LogP contribution in [-0.4, -0.2) is 60.8 Å². The van der Waals surface area contributed by atoms with Crippen molar-refractivity contribution in [2.45, 2.75) is 251 Å². The van der Waals surface area contributed by atoms with E-state index in [0.717, 1.165) is 45.4 Å². The van der Waals surface area contributed by atoms with Crippen LogP contribution in [0.4, 0.5) is 0 Å². The van der Waals surface area contributed by atoms with Crippen molar-refractivity contribution in [3.63, 3.8) is 0 Å². The number of rotatable bonds is 12. The fraction of sp³-hybridized carbons (Fsp3) is 0.625. The molecule has 0 amide bonds. The van der Waals surface area contributed by atoms with Crippen molar-refractivity contribution in [1.29, 1.82) is 0 Å². The zero-order valence-corrected chi connectivity index (χ0v) is 53.8. The average molecular weight is 1040 g/mol. The van der Waals surface area contributed by atoms with Crippen LogP contribution in [0.3, 0.4) is 0 Å². The second-order valence-electron chi connectivity index (χ2n) is 25.7. The summed E-state index contributed by atoms with van der Waals surface area (Å²) in [6.07, 6.45) is 13.6. The summed E-state index contributed by atoms with van der Waals surface area (Å²) in [5, 5.41) is 4.09. The SMILES string of the molecule is CC(C)[Si](C#C/C1=C2\C=CC(N2)C(C#C[Si](C(C)C)(C(C)C)C(C)C)c2ccc([nH]2)/C(C#C[Si](C(C)C)(C(C)C)C(C)C)=C2/C=CC(=N2)C(C#C[Si](C(C)C)(C(C)C)C(C)C)C2C=CC1=N2)(C(C)C)C(C)C. The number of nitrogens with zero attached hydrogens (tertiary/aromatic N) is 2. The molecule has 0 saturated heterocycles. The molecule has 8 heteroatoms. The van der Waals surface area contributed by atoms with Gasteiger partial charge in [0.25, 0.3) is 0 Å². The molecule has 4 atom stereocenters. The molecule has 390 valence electrons. The lowest BCUT2D eigenvalue weighted by Gasteiger charge is -2.38. The largest absolute Gasteiger partial charge is 0.376 e. The van der Waals surface area contributed by atoms with Gasteiger partial charge in [-0.15, -0.1) is 22.2 Å². The summed E-state index contributed by atoms with van der Waals surface area (Å²) in [7, 11) is -8.46. The zero-order chi connectivity index (χ0) is 54.0. The molecular weight excluding hydrogens is 937 g/mol. The first-order valence-electron chi connectivity index (χ1n) is 28.3. The van der Waals surface area contributed by atoms with Gasteiger partial charge >= 0.3 is 0 Å². The first-order chi connectivity index (χ1) is 33.6. The molecule has 0 fully saturated rings. The maximum Gasteiger partial charge on any atom is 0.146 e. The summed E-state index contributed by atoms with van der Waals surface area (Å²) in [4.78, 5) is 15.4. The molecule has 8 bridgehead atoms. The molecular formula is C64H98N4Si4. The highest BCUT2D eigenvalue weighted by Crippen LogP contribution is 2.45. The highest BCUT2D eigenvalue weighted by molar-refractivity contribution is 6.92. The third-order valence-corrected chi connectivity index (χ3v) is 43.7. The fourth-order valence-electron chi connectivity index (χ4n) is 14.7. The maximum absolute atomic E-state index is 5.71. The highest BCUT2D eigenvalue weighted by atomic mass is 28.3. The lowest BCUT2D eigenvalue weighted by Crippen LogP contribution is -2.43. The van der Waals surface area contributed by atoms with Crippen molar-refractivity contribution in [3.05, 3.63) is 76.9 Å². The van der Waals surface area contributed by atoms with Gasteiger partial charge in [-0.1, -0.05) is 202 Å². The summed E-state index contributed by atoms with van der Waals surface area (Å²) < 4.78 is 0. The number of fused-ring (bicyclic) bond motifs is 6. The van der Waals surface area contributed by atoms with Gasteiger partial charge in [-0.05, 0) is 103 Å². The van der Waals surface area contributed by atoms with Crippen molar-refractivity contribution >= 4 is 49.3 Å². The summed E-state index contributed by atoms with van der Waals surface area (Å²) in [5.41, 5.74) is 30.4. The van der Waals surface area contributed by atoms with Crippen molar-refractivity contribution in [2.24, 2.45) is 15.9 Å². The van der Waals surface area contributed by atoms with Gasteiger partial charge in [0.15, 0.2) is 0 Å². The van der Waals surface area contributed by atoms with Crippen molar-refractivity contribution in [1.82, 2.24) is 10.3 Å². The van der Waals surface area contributed by atoms with E-state index in [1.807, 2.05) is 0 Å². The Morgan fingerprint density at radius 2 is 0.861 bits per heavy atom. The summed E-state index contributed by atoms with van der Waals surface area (Å²) in [6.45, 7) is 57.7. The van der Waals surface area contributed by atoms with E-state index in [-0.39, 0.29) is 23.9 Å². The summed E-state index contributed by atoms with van der Waals surface area (Å²) in [5.74, 6) is 15.6. The van der Waals surface area contributed by atoms with E-state index in [1.54, 1.807) is 0 Å².